The van der Waals surface area contributed by atoms with Gasteiger partial charge >= 0.3 is 6.09 Å². The number of benzene rings is 1. The van der Waals surface area contributed by atoms with Crippen molar-refractivity contribution in [2.24, 2.45) is 11.8 Å². The number of nitrogens with zero attached hydrogens (tertiary/aromatic N) is 1. The SMILES string of the molecule is CC(C)C(CNC(=O)OC(C)(C)C)CNc1cc(Br)ccc1C#N. The van der Waals surface area contributed by atoms with Crippen LogP contribution in [0.15, 0.2) is 22.7 Å². The highest BCUT2D eigenvalue weighted by Gasteiger charge is 2.19. The molecule has 5 nitrogen and oxygen atoms in total. The molecule has 0 radical (unpaired) electrons. The van der Waals surface area contributed by atoms with Gasteiger partial charge in [-0.3, -0.25) is 0 Å². The van der Waals surface area contributed by atoms with Crippen LogP contribution in [0.3, 0.4) is 0 Å². The van der Waals surface area contributed by atoms with Crippen LogP contribution in [0.2, 0.25) is 0 Å². The predicted octanol–water partition coefficient (Wildman–Crippen LogP) is 4.53. The molecule has 0 heterocycles. The van der Waals surface area contributed by atoms with E-state index in [1.807, 2.05) is 32.9 Å². The molecule has 0 aromatic heterocycles. The van der Waals surface area contributed by atoms with Crippen molar-refractivity contribution in [1.29, 1.82) is 5.26 Å². The maximum absolute atomic E-state index is 11.8. The van der Waals surface area contributed by atoms with Crippen LogP contribution in [0, 0.1) is 23.2 Å². The summed E-state index contributed by atoms with van der Waals surface area (Å²) in [4.78, 5) is 11.8. The zero-order valence-electron chi connectivity index (χ0n) is 14.9. The first-order valence-electron chi connectivity index (χ1n) is 8.02. The number of ether oxygens (including phenoxy) is 1. The van der Waals surface area contributed by atoms with Crippen LogP contribution < -0.4 is 10.6 Å². The van der Waals surface area contributed by atoms with Crippen molar-refractivity contribution >= 4 is 27.7 Å². The maximum Gasteiger partial charge on any atom is 0.407 e. The molecule has 1 atom stereocenters. The molecule has 24 heavy (non-hydrogen) atoms. The standard InChI is InChI=1S/C18H26BrN3O2/c1-12(2)14(11-22-17(23)24-18(3,4)5)10-21-16-8-15(19)7-6-13(16)9-20/h6-8,12,14,21H,10-11H2,1-5H3,(H,22,23). The molecule has 1 aromatic carbocycles. The Hall–Kier alpha value is -1.74. The number of nitrogens with one attached hydrogen (secondary N) is 2. The molecule has 0 saturated carbocycles. The molecule has 1 rings (SSSR count). The van der Waals surface area contributed by atoms with E-state index in [-0.39, 0.29) is 5.92 Å². The third-order valence-electron chi connectivity index (χ3n) is 3.51. The van der Waals surface area contributed by atoms with Crippen LogP contribution in [-0.4, -0.2) is 24.8 Å². The number of rotatable bonds is 6. The molecular formula is C18H26BrN3O2. The minimum Gasteiger partial charge on any atom is -0.444 e. The van der Waals surface area contributed by atoms with E-state index in [2.05, 4.69) is 46.5 Å². The largest absolute Gasteiger partial charge is 0.444 e. The van der Waals surface area contributed by atoms with Gasteiger partial charge in [0.1, 0.15) is 11.7 Å². The van der Waals surface area contributed by atoms with Gasteiger partial charge in [-0.15, -0.1) is 0 Å². The van der Waals surface area contributed by atoms with Gasteiger partial charge in [0.05, 0.1) is 11.3 Å². The predicted molar refractivity (Wildman–Crippen MR) is 99.9 cm³/mol. The summed E-state index contributed by atoms with van der Waals surface area (Å²) in [6, 6.07) is 7.68. The second kappa shape index (κ2) is 8.93. The second-order valence-electron chi connectivity index (χ2n) is 7.07. The van der Waals surface area contributed by atoms with E-state index in [1.165, 1.54) is 0 Å². The van der Waals surface area contributed by atoms with E-state index in [0.717, 1.165) is 10.2 Å². The molecule has 1 amide bonds. The number of nitriles is 1. The van der Waals surface area contributed by atoms with E-state index in [9.17, 15) is 10.1 Å². The minimum atomic E-state index is -0.506. The fourth-order valence-corrected chi connectivity index (χ4v) is 2.43. The molecule has 0 aliphatic carbocycles. The normalized spacial score (nSPS) is 12.4. The number of carbonyl (C=O) groups is 1. The molecule has 6 heteroatoms. The number of alkyl carbamates (subject to hydrolysis) is 1. The van der Waals surface area contributed by atoms with Crippen molar-refractivity contribution in [3.63, 3.8) is 0 Å². The summed E-state index contributed by atoms with van der Waals surface area (Å²) < 4.78 is 6.18. The van der Waals surface area contributed by atoms with Crippen molar-refractivity contribution in [3.8, 4) is 6.07 Å². The Morgan fingerprint density at radius 3 is 2.54 bits per heavy atom. The average Bonchev–Trinajstić information content (AvgIpc) is 2.45. The number of hydrogen-bond acceptors (Lipinski definition) is 4. The van der Waals surface area contributed by atoms with Crippen LogP contribution in [0.25, 0.3) is 0 Å². The summed E-state index contributed by atoms with van der Waals surface area (Å²) in [6.45, 7) is 10.9. The number of carbonyl (C=O) groups excluding carboxylic acids is 1. The molecule has 0 saturated heterocycles. The van der Waals surface area contributed by atoms with Crippen LogP contribution in [0.4, 0.5) is 10.5 Å². The van der Waals surface area contributed by atoms with Gasteiger partial charge in [0.25, 0.3) is 0 Å². The Balaban J connectivity index is 2.63. The lowest BCUT2D eigenvalue weighted by molar-refractivity contribution is 0.0516. The molecule has 132 valence electrons. The van der Waals surface area contributed by atoms with Gasteiger partial charge in [0.2, 0.25) is 0 Å². The van der Waals surface area contributed by atoms with Gasteiger partial charge < -0.3 is 15.4 Å². The van der Waals surface area contributed by atoms with Gasteiger partial charge in [0, 0.05) is 17.6 Å². The van der Waals surface area contributed by atoms with Crippen LogP contribution in [0.1, 0.15) is 40.2 Å². The Labute approximate surface area is 152 Å². The van der Waals surface area contributed by atoms with Crippen molar-refractivity contribution < 1.29 is 9.53 Å². The van der Waals surface area contributed by atoms with Crippen LogP contribution >= 0.6 is 15.9 Å². The third kappa shape index (κ3) is 7.22. The van der Waals surface area contributed by atoms with E-state index in [4.69, 9.17) is 4.74 Å². The van der Waals surface area contributed by atoms with Crippen molar-refractivity contribution in [2.75, 3.05) is 18.4 Å². The Bertz CT molecular complexity index is 603. The molecule has 1 unspecified atom stereocenters. The molecule has 0 fully saturated rings. The van der Waals surface area contributed by atoms with Crippen molar-refractivity contribution in [2.45, 2.75) is 40.2 Å². The fraction of sp³-hybridized carbons (Fsp3) is 0.556. The molecule has 0 bridgehead atoms. The summed E-state index contributed by atoms with van der Waals surface area (Å²) >= 11 is 3.42. The lowest BCUT2D eigenvalue weighted by Gasteiger charge is -2.24. The summed E-state index contributed by atoms with van der Waals surface area (Å²) in [5.74, 6) is 0.577. The maximum atomic E-state index is 11.8. The fourth-order valence-electron chi connectivity index (χ4n) is 2.07. The smallest absolute Gasteiger partial charge is 0.407 e. The first-order chi connectivity index (χ1) is 11.1. The first kappa shape index (κ1) is 20.3. The van der Waals surface area contributed by atoms with Gasteiger partial charge in [-0.05, 0) is 50.8 Å². The van der Waals surface area contributed by atoms with Crippen molar-refractivity contribution in [1.82, 2.24) is 5.32 Å². The summed E-state index contributed by atoms with van der Waals surface area (Å²) in [7, 11) is 0. The number of hydrogen-bond donors (Lipinski definition) is 2. The van der Waals surface area contributed by atoms with Crippen LogP contribution in [0.5, 0.6) is 0 Å². The van der Waals surface area contributed by atoms with Gasteiger partial charge in [0.15, 0.2) is 0 Å². The third-order valence-corrected chi connectivity index (χ3v) is 4.00. The van der Waals surface area contributed by atoms with Crippen LogP contribution in [-0.2, 0) is 4.74 Å². The van der Waals surface area contributed by atoms with E-state index in [1.54, 1.807) is 6.07 Å². The Morgan fingerprint density at radius 1 is 1.33 bits per heavy atom. The lowest BCUT2D eigenvalue weighted by Crippen LogP contribution is -2.38. The van der Waals surface area contributed by atoms with Gasteiger partial charge in [-0.2, -0.15) is 5.26 Å². The Kier molecular flexibility index (Phi) is 7.56. The highest BCUT2D eigenvalue weighted by molar-refractivity contribution is 9.10. The highest BCUT2D eigenvalue weighted by Crippen LogP contribution is 2.22. The molecule has 1 aromatic rings. The lowest BCUT2D eigenvalue weighted by atomic mass is 9.95. The molecule has 0 spiro atoms. The quantitative estimate of drug-likeness (QED) is 0.741. The molecule has 0 aliphatic rings. The molecule has 2 N–H and O–H groups in total. The molecular weight excluding hydrogens is 370 g/mol. The minimum absolute atomic E-state index is 0.211. The summed E-state index contributed by atoms with van der Waals surface area (Å²) in [5, 5.41) is 15.3. The Morgan fingerprint density at radius 2 is 2.00 bits per heavy atom. The topological polar surface area (TPSA) is 74.2 Å². The number of amides is 1. The van der Waals surface area contributed by atoms with E-state index >= 15 is 0 Å². The monoisotopic (exact) mass is 395 g/mol. The van der Waals surface area contributed by atoms with Crippen molar-refractivity contribution in [3.05, 3.63) is 28.2 Å². The van der Waals surface area contributed by atoms with Gasteiger partial charge in [-0.25, -0.2) is 4.79 Å². The van der Waals surface area contributed by atoms with E-state index < -0.39 is 11.7 Å². The zero-order chi connectivity index (χ0) is 18.3. The summed E-state index contributed by atoms with van der Waals surface area (Å²) in [6.07, 6.45) is -0.409. The number of anilines is 1. The second-order valence-corrected chi connectivity index (χ2v) is 7.99. The number of halogens is 1. The first-order valence-corrected chi connectivity index (χ1v) is 8.82. The zero-order valence-corrected chi connectivity index (χ0v) is 16.5. The van der Waals surface area contributed by atoms with Gasteiger partial charge in [-0.1, -0.05) is 29.8 Å². The van der Waals surface area contributed by atoms with E-state index in [0.29, 0.717) is 24.6 Å². The highest BCUT2D eigenvalue weighted by atomic mass is 79.9. The molecule has 0 aliphatic heterocycles. The summed E-state index contributed by atoms with van der Waals surface area (Å²) in [5.41, 5.74) is 0.879. The average molecular weight is 396 g/mol.